The minimum absolute atomic E-state index is 0.0401. The average Bonchev–Trinajstić information content (AvgIpc) is 3.01. The van der Waals surface area contributed by atoms with E-state index in [9.17, 15) is 28.1 Å². The van der Waals surface area contributed by atoms with Gasteiger partial charge < -0.3 is 15.0 Å². The number of sulfonamides is 1. The van der Waals surface area contributed by atoms with Crippen molar-refractivity contribution in [2.45, 2.75) is 63.9 Å². The molecule has 0 unspecified atom stereocenters. The molecule has 0 heterocycles. The van der Waals surface area contributed by atoms with Gasteiger partial charge in [0.2, 0.25) is 11.8 Å². The first-order chi connectivity index (χ1) is 21.3. The number of nitro benzene ring substituents is 1. The molecule has 13 heteroatoms. The maximum absolute atomic E-state index is 14.3. The van der Waals surface area contributed by atoms with Gasteiger partial charge in [0.25, 0.3) is 15.7 Å². The highest BCUT2D eigenvalue weighted by Gasteiger charge is 2.35. The van der Waals surface area contributed by atoms with Gasteiger partial charge in [0, 0.05) is 29.2 Å². The number of ether oxygens (including phenoxy) is 1. The van der Waals surface area contributed by atoms with Crippen molar-refractivity contribution >= 4 is 44.8 Å². The minimum atomic E-state index is -4.61. The number of carbonyl (C=O) groups is 2. The molecule has 3 rings (SSSR count). The van der Waals surface area contributed by atoms with Gasteiger partial charge in [-0.15, -0.1) is 0 Å². The Morgan fingerprint density at radius 3 is 2.33 bits per heavy atom. The number of hydrogen-bond donors (Lipinski definition) is 1. The van der Waals surface area contributed by atoms with Crippen LogP contribution in [0.25, 0.3) is 0 Å². The number of aryl methyl sites for hydroxylation is 1. The van der Waals surface area contributed by atoms with Crippen molar-refractivity contribution in [2.75, 3.05) is 24.5 Å². The third kappa shape index (κ3) is 8.73. The molecule has 3 aromatic rings. The Balaban J connectivity index is 2.14. The van der Waals surface area contributed by atoms with E-state index in [1.54, 1.807) is 6.92 Å². The number of benzene rings is 3. The number of amides is 2. The second-order valence-corrected chi connectivity index (χ2v) is 12.9. The number of rotatable bonds is 15. The second-order valence-electron chi connectivity index (χ2n) is 10.6. The van der Waals surface area contributed by atoms with E-state index in [4.69, 9.17) is 16.3 Å². The van der Waals surface area contributed by atoms with Crippen LogP contribution in [0.1, 0.15) is 44.7 Å². The Morgan fingerprint density at radius 2 is 1.73 bits per heavy atom. The van der Waals surface area contributed by atoms with Gasteiger partial charge in [-0.2, -0.15) is 0 Å². The molecule has 1 N–H and O–H groups in total. The van der Waals surface area contributed by atoms with Crippen LogP contribution in [0.5, 0.6) is 5.75 Å². The van der Waals surface area contributed by atoms with Crippen LogP contribution in [0.2, 0.25) is 5.02 Å². The number of halogens is 1. The summed E-state index contributed by atoms with van der Waals surface area (Å²) < 4.78 is 34.8. The first kappa shape index (κ1) is 35.3. The van der Waals surface area contributed by atoms with E-state index in [2.05, 4.69) is 5.32 Å². The van der Waals surface area contributed by atoms with Gasteiger partial charge in [-0.1, -0.05) is 61.8 Å². The molecular formula is C32H39ClN4O7S. The lowest BCUT2D eigenvalue weighted by atomic mass is 10.1. The fourth-order valence-corrected chi connectivity index (χ4v) is 6.39. The van der Waals surface area contributed by atoms with Crippen LogP contribution in [0.4, 0.5) is 11.4 Å². The molecule has 0 saturated heterocycles. The smallest absolute Gasteiger partial charge is 0.273 e. The third-order valence-electron chi connectivity index (χ3n) is 7.52. The van der Waals surface area contributed by atoms with E-state index in [1.807, 2.05) is 44.2 Å². The molecule has 3 aromatic carbocycles. The van der Waals surface area contributed by atoms with Gasteiger partial charge in [0.15, 0.2) is 0 Å². The van der Waals surface area contributed by atoms with Crippen LogP contribution in [0, 0.1) is 17.0 Å². The van der Waals surface area contributed by atoms with Crippen LogP contribution in [0.3, 0.4) is 0 Å². The van der Waals surface area contributed by atoms with Gasteiger partial charge in [-0.3, -0.25) is 24.0 Å². The molecule has 0 radical (unpaired) electrons. The highest BCUT2D eigenvalue weighted by atomic mass is 35.5. The number of nitrogens with zero attached hydrogens (tertiary/aromatic N) is 3. The maximum atomic E-state index is 14.3. The molecule has 0 aliphatic rings. The van der Waals surface area contributed by atoms with Crippen molar-refractivity contribution in [1.29, 1.82) is 0 Å². The zero-order valence-corrected chi connectivity index (χ0v) is 27.6. The van der Waals surface area contributed by atoms with Crippen LogP contribution < -0.4 is 14.4 Å². The lowest BCUT2D eigenvalue weighted by Crippen LogP contribution is -2.54. The normalized spacial score (nSPS) is 12.6. The Morgan fingerprint density at radius 1 is 1.04 bits per heavy atom. The van der Waals surface area contributed by atoms with Crippen molar-refractivity contribution in [2.24, 2.45) is 0 Å². The molecule has 11 nitrogen and oxygen atoms in total. The number of hydrogen-bond acceptors (Lipinski definition) is 7. The lowest BCUT2D eigenvalue weighted by molar-refractivity contribution is -0.385. The predicted octanol–water partition coefficient (Wildman–Crippen LogP) is 5.53. The molecule has 0 bridgehead atoms. The van der Waals surface area contributed by atoms with E-state index in [0.717, 1.165) is 15.9 Å². The Kier molecular flexibility index (Phi) is 12.3. The van der Waals surface area contributed by atoms with Crippen LogP contribution in [-0.4, -0.2) is 62.3 Å². The summed E-state index contributed by atoms with van der Waals surface area (Å²) in [6.45, 7) is 6.47. The zero-order valence-electron chi connectivity index (χ0n) is 26.0. The van der Waals surface area contributed by atoms with Crippen molar-refractivity contribution < 1.29 is 27.7 Å². The molecule has 2 amide bonds. The van der Waals surface area contributed by atoms with Gasteiger partial charge in [0.05, 0.1) is 22.6 Å². The summed E-state index contributed by atoms with van der Waals surface area (Å²) in [6.07, 6.45) is 1.38. The largest absolute Gasteiger partial charge is 0.495 e. The molecule has 0 aliphatic carbocycles. The van der Waals surface area contributed by atoms with E-state index in [0.29, 0.717) is 12.8 Å². The quantitative estimate of drug-likeness (QED) is 0.167. The van der Waals surface area contributed by atoms with Gasteiger partial charge >= 0.3 is 0 Å². The van der Waals surface area contributed by atoms with Gasteiger partial charge in [0.1, 0.15) is 18.3 Å². The van der Waals surface area contributed by atoms with Crippen molar-refractivity contribution in [3.8, 4) is 5.75 Å². The molecule has 0 saturated carbocycles. The minimum Gasteiger partial charge on any atom is -0.495 e. The molecule has 242 valence electrons. The zero-order chi connectivity index (χ0) is 33.3. The maximum Gasteiger partial charge on any atom is 0.273 e. The molecule has 0 spiro atoms. The molecule has 0 fully saturated rings. The van der Waals surface area contributed by atoms with Crippen LogP contribution in [0.15, 0.2) is 71.6 Å². The summed E-state index contributed by atoms with van der Waals surface area (Å²) in [4.78, 5) is 39.7. The lowest BCUT2D eigenvalue weighted by Gasteiger charge is -2.34. The van der Waals surface area contributed by atoms with Gasteiger partial charge in [-0.05, 0) is 62.9 Å². The van der Waals surface area contributed by atoms with Crippen molar-refractivity contribution in [3.63, 3.8) is 0 Å². The molecule has 0 aromatic heterocycles. The second kappa shape index (κ2) is 15.7. The fraction of sp³-hybridized carbons (Fsp3) is 0.375. The first-order valence-corrected chi connectivity index (χ1v) is 16.4. The summed E-state index contributed by atoms with van der Waals surface area (Å²) in [5.74, 6) is -0.892. The SMILES string of the molecule is CC[C@H](C(=O)N[C@@H](C)CC)N(CCc1ccccc1)C(=O)CN(c1cc(Cl)ccc1OC)S(=O)(=O)c1ccc(C)c([N+](=O)[O-])c1. The number of anilines is 1. The average molecular weight is 659 g/mol. The van der Waals surface area contributed by atoms with Crippen molar-refractivity contribution in [1.82, 2.24) is 10.2 Å². The predicted molar refractivity (Wildman–Crippen MR) is 174 cm³/mol. The summed E-state index contributed by atoms with van der Waals surface area (Å²) in [5.41, 5.74) is 0.770. The number of nitro groups is 1. The number of nitrogens with one attached hydrogen (secondary N) is 1. The Hall–Kier alpha value is -4.16. The fourth-order valence-electron chi connectivity index (χ4n) is 4.78. The summed E-state index contributed by atoms with van der Waals surface area (Å²) in [6, 6.07) is 16.2. The van der Waals surface area contributed by atoms with E-state index < -0.39 is 44.0 Å². The molecular weight excluding hydrogens is 620 g/mol. The topological polar surface area (TPSA) is 139 Å². The molecule has 2 atom stereocenters. The summed E-state index contributed by atoms with van der Waals surface area (Å²) in [5, 5.41) is 14.8. The van der Waals surface area contributed by atoms with Crippen LogP contribution in [-0.2, 0) is 26.0 Å². The Labute approximate surface area is 269 Å². The summed E-state index contributed by atoms with van der Waals surface area (Å²) >= 11 is 6.28. The number of carbonyl (C=O) groups excluding carboxylic acids is 2. The monoisotopic (exact) mass is 658 g/mol. The van der Waals surface area contributed by atoms with Gasteiger partial charge in [-0.25, -0.2) is 8.42 Å². The molecule has 45 heavy (non-hydrogen) atoms. The highest BCUT2D eigenvalue weighted by Crippen LogP contribution is 2.36. The molecule has 0 aliphatic heterocycles. The van der Waals surface area contributed by atoms with E-state index in [1.165, 1.54) is 49.3 Å². The highest BCUT2D eigenvalue weighted by molar-refractivity contribution is 7.92. The standard InChI is InChI=1S/C32H39ClN4O7S/c1-6-23(4)34-32(39)27(7-2)35(18-17-24-11-9-8-10-12-24)31(38)21-36(29-19-25(33)14-16-30(29)44-5)45(42,43)26-15-13-22(3)28(20-26)37(40)41/h8-16,19-20,23,27H,6-7,17-18,21H2,1-5H3,(H,34,39)/t23-,27+/m0/s1. The first-order valence-electron chi connectivity index (χ1n) is 14.6. The number of methoxy groups -OCH3 is 1. The Bertz CT molecular complexity index is 1620. The van der Waals surface area contributed by atoms with Crippen LogP contribution >= 0.6 is 11.6 Å². The van der Waals surface area contributed by atoms with E-state index in [-0.39, 0.29) is 46.9 Å². The van der Waals surface area contributed by atoms with Crippen molar-refractivity contribution in [3.05, 3.63) is 93.0 Å². The third-order valence-corrected chi connectivity index (χ3v) is 9.52. The summed E-state index contributed by atoms with van der Waals surface area (Å²) in [7, 11) is -3.26. The van der Waals surface area contributed by atoms with E-state index >= 15 is 0 Å².